The van der Waals surface area contributed by atoms with E-state index in [1.54, 1.807) is 7.11 Å². The van der Waals surface area contributed by atoms with Crippen LogP contribution in [0.2, 0.25) is 0 Å². The summed E-state index contributed by atoms with van der Waals surface area (Å²) in [6.45, 7) is 6.64. The lowest BCUT2D eigenvalue weighted by atomic mass is 9.97. The number of nitrogens with one attached hydrogen (secondary N) is 1. The number of ether oxygens (including phenoxy) is 1. The molecule has 96 valence electrons. The van der Waals surface area contributed by atoms with Crippen molar-refractivity contribution < 1.29 is 9.84 Å². The fourth-order valence-electron chi connectivity index (χ4n) is 2.19. The first kappa shape index (κ1) is 13.9. The Balaban J connectivity index is 1.98. The molecule has 1 fully saturated rings. The second-order valence-corrected chi connectivity index (χ2v) is 4.56. The average molecular weight is 230 g/mol. The van der Waals surface area contributed by atoms with Gasteiger partial charge in [-0.2, -0.15) is 0 Å². The van der Waals surface area contributed by atoms with Gasteiger partial charge in [-0.1, -0.05) is 0 Å². The maximum atomic E-state index is 8.77. The van der Waals surface area contributed by atoms with Gasteiger partial charge < -0.3 is 20.1 Å². The van der Waals surface area contributed by atoms with E-state index in [1.807, 2.05) is 0 Å². The van der Waals surface area contributed by atoms with Crippen LogP contribution in [0.15, 0.2) is 0 Å². The molecule has 0 amide bonds. The van der Waals surface area contributed by atoms with Crippen molar-refractivity contribution in [3.05, 3.63) is 0 Å². The van der Waals surface area contributed by atoms with Gasteiger partial charge in [0.15, 0.2) is 0 Å². The van der Waals surface area contributed by atoms with Gasteiger partial charge in [0.05, 0.1) is 6.61 Å². The third-order valence-corrected chi connectivity index (χ3v) is 3.26. The molecule has 0 aromatic carbocycles. The summed E-state index contributed by atoms with van der Waals surface area (Å²) in [5, 5.41) is 12.2. The van der Waals surface area contributed by atoms with E-state index in [4.69, 9.17) is 9.84 Å². The van der Waals surface area contributed by atoms with Gasteiger partial charge in [-0.15, -0.1) is 0 Å². The quantitative estimate of drug-likeness (QED) is 0.589. The van der Waals surface area contributed by atoms with Crippen molar-refractivity contribution in [2.75, 3.05) is 53.0 Å². The minimum atomic E-state index is 0.318. The molecule has 0 aliphatic carbocycles. The molecule has 1 saturated heterocycles. The van der Waals surface area contributed by atoms with E-state index < -0.39 is 0 Å². The lowest BCUT2D eigenvalue weighted by Crippen LogP contribution is -2.38. The van der Waals surface area contributed by atoms with Gasteiger partial charge >= 0.3 is 0 Å². The van der Waals surface area contributed by atoms with Crippen LogP contribution in [-0.4, -0.2) is 63.1 Å². The highest BCUT2D eigenvalue weighted by Crippen LogP contribution is 2.16. The van der Waals surface area contributed by atoms with E-state index in [0.29, 0.717) is 6.61 Å². The normalized spacial score (nSPS) is 19.1. The highest BCUT2D eigenvalue weighted by atomic mass is 16.5. The molecule has 0 aromatic rings. The number of hydrogen-bond donors (Lipinski definition) is 2. The van der Waals surface area contributed by atoms with E-state index in [1.165, 1.54) is 25.9 Å². The largest absolute Gasteiger partial charge is 0.396 e. The standard InChI is InChI=1S/C12H26N2O2/c1-16-10-5-13-11-12-3-7-14(8-4-12)6-2-9-15/h12-13,15H,2-11H2,1H3. The Kier molecular flexibility index (Phi) is 7.76. The molecule has 0 bridgehead atoms. The Morgan fingerprint density at radius 3 is 2.75 bits per heavy atom. The van der Waals surface area contributed by atoms with Crippen LogP contribution in [0.25, 0.3) is 0 Å². The maximum Gasteiger partial charge on any atom is 0.0587 e. The van der Waals surface area contributed by atoms with Crippen LogP contribution < -0.4 is 5.32 Å². The molecule has 0 unspecified atom stereocenters. The Morgan fingerprint density at radius 1 is 1.38 bits per heavy atom. The first-order valence-corrected chi connectivity index (χ1v) is 6.39. The molecule has 4 nitrogen and oxygen atoms in total. The van der Waals surface area contributed by atoms with Crippen molar-refractivity contribution in [3.8, 4) is 0 Å². The van der Waals surface area contributed by atoms with Gasteiger partial charge in [-0.25, -0.2) is 0 Å². The fraction of sp³-hybridized carbons (Fsp3) is 1.00. The summed E-state index contributed by atoms with van der Waals surface area (Å²) >= 11 is 0. The number of rotatable bonds is 8. The molecule has 16 heavy (non-hydrogen) atoms. The van der Waals surface area contributed by atoms with Gasteiger partial charge in [0.1, 0.15) is 0 Å². The zero-order valence-corrected chi connectivity index (χ0v) is 10.5. The summed E-state index contributed by atoms with van der Waals surface area (Å²) in [6, 6.07) is 0. The predicted molar refractivity (Wildman–Crippen MR) is 65.6 cm³/mol. The summed E-state index contributed by atoms with van der Waals surface area (Å²) in [5.41, 5.74) is 0. The third-order valence-electron chi connectivity index (χ3n) is 3.26. The topological polar surface area (TPSA) is 44.7 Å². The summed E-state index contributed by atoms with van der Waals surface area (Å²) in [7, 11) is 1.74. The molecular formula is C12H26N2O2. The van der Waals surface area contributed by atoms with Crippen LogP contribution in [0.1, 0.15) is 19.3 Å². The summed E-state index contributed by atoms with van der Waals surface area (Å²) in [5.74, 6) is 0.822. The zero-order valence-electron chi connectivity index (χ0n) is 10.5. The van der Waals surface area contributed by atoms with E-state index in [2.05, 4.69) is 10.2 Å². The Labute approximate surface area is 99.0 Å². The predicted octanol–water partition coefficient (Wildman–Crippen LogP) is 0.317. The summed E-state index contributed by atoms with van der Waals surface area (Å²) < 4.78 is 5.00. The summed E-state index contributed by atoms with van der Waals surface area (Å²) in [4.78, 5) is 2.46. The first-order chi connectivity index (χ1) is 7.86. The van der Waals surface area contributed by atoms with E-state index in [0.717, 1.165) is 38.6 Å². The van der Waals surface area contributed by atoms with Gasteiger partial charge in [0.25, 0.3) is 0 Å². The monoisotopic (exact) mass is 230 g/mol. The molecule has 4 heteroatoms. The van der Waals surface area contributed by atoms with E-state index in [9.17, 15) is 0 Å². The number of hydrogen-bond acceptors (Lipinski definition) is 4. The van der Waals surface area contributed by atoms with Crippen molar-refractivity contribution >= 4 is 0 Å². The van der Waals surface area contributed by atoms with Crippen molar-refractivity contribution in [2.45, 2.75) is 19.3 Å². The molecule has 1 heterocycles. The Morgan fingerprint density at radius 2 is 2.12 bits per heavy atom. The summed E-state index contributed by atoms with van der Waals surface area (Å²) in [6.07, 6.45) is 3.48. The number of methoxy groups -OCH3 is 1. The van der Waals surface area contributed by atoms with Crippen LogP contribution in [0.3, 0.4) is 0 Å². The van der Waals surface area contributed by atoms with Gasteiger partial charge in [-0.3, -0.25) is 0 Å². The minimum Gasteiger partial charge on any atom is -0.396 e. The lowest BCUT2D eigenvalue weighted by Gasteiger charge is -2.31. The van der Waals surface area contributed by atoms with Gasteiger partial charge in [0, 0.05) is 26.8 Å². The second kappa shape index (κ2) is 8.93. The Hall–Kier alpha value is -0.160. The number of nitrogens with zero attached hydrogens (tertiary/aromatic N) is 1. The van der Waals surface area contributed by atoms with Gasteiger partial charge in [-0.05, 0) is 44.8 Å². The van der Waals surface area contributed by atoms with Crippen molar-refractivity contribution in [1.82, 2.24) is 10.2 Å². The molecule has 0 atom stereocenters. The smallest absolute Gasteiger partial charge is 0.0587 e. The van der Waals surface area contributed by atoms with Crippen molar-refractivity contribution in [2.24, 2.45) is 5.92 Å². The molecule has 0 saturated carbocycles. The molecule has 0 aromatic heterocycles. The van der Waals surface area contributed by atoms with Crippen LogP contribution >= 0.6 is 0 Å². The van der Waals surface area contributed by atoms with Crippen LogP contribution in [0.5, 0.6) is 0 Å². The minimum absolute atomic E-state index is 0.318. The van der Waals surface area contributed by atoms with E-state index >= 15 is 0 Å². The number of aliphatic hydroxyl groups is 1. The van der Waals surface area contributed by atoms with E-state index in [-0.39, 0.29) is 0 Å². The zero-order chi connectivity index (χ0) is 11.6. The highest BCUT2D eigenvalue weighted by molar-refractivity contribution is 4.73. The van der Waals surface area contributed by atoms with Crippen LogP contribution in [-0.2, 0) is 4.74 Å². The van der Waals surface area contributed by atoms with Crippen LogP contribution in [0, 0.1) is 5.92 Å². The highest BCUT2D eigenvalue weighted by Gasteiger charge is 2.17. The van der Waals surface area contributed by atoms with Crippen LogP contribution in [0.4, 0.5) is 0 Å². The Bertz CT molecular complexity index is 159. The molecule has 1 aliphatic rings. The average Bonchev–Trinajstić information content (AvgIpc) is 2.33. The van der Waals surface area contributed by atoms with Crippen molar-refractivity contribution in [1.29, 1.82) is 0 Å². The number of piperidine rings is 1. The molecule has 0 spiro atoms. The maximum absolute atomic E-state index is 8.77. The van der Waals surface area contributed by atoms with Gasteiger partial charge in [0.2, 0.25) is 0 Å². The number of likely N-dealkylation sites (tertiary alicyclic amines) is 1. The molecule has 1 rings (SSSR count). The second-order valence-electron chi connectivity index (χ2n) is 4.56. The van der Waals surface area contributed by atoms with Crippen molar-refractivity contribution in [3.63, 3.8) is 0 Å². The molecule has 0 radical (unpaired) electrons. The first-order valence-electron chi connectivity index (χ1n) is 6.39. The third kappa shape index (κ3) is 5.80. The molecule has 1 aliphatic heterocycles. The molecule has 2 N–H and O–H groups in total. The molecular weight excluding hydrogens is 204 g/mol. The lowest BCUT2D eigenvalue weighted by molar-refractivity contribution is 0.161. The SMILES string of the molecule is COCCNCC1CCN(CCCO)CC1. The number of aliphatic hydroxyl groups excluding tert-OH is 1. The fourth-order valence-corrected chi connectivity index (χ4v) is 2.19.